The van der Waals surface area contributed by atoms with Crippen molar-refractivity contribution in [1.29, 1.82) is 0 Å². The van der Waals surface area contributed by atoms with Crippen LogP contribution in [-0.2, 0) is 20.8 Å². The van der Waals surface area contributed by atoms with Crippen molar-refractivity contribution in [3.8, 4) is 11.5 Å². The first-order valence-corrected chi connectivity index (χ1v) is 14.3. The predicted molar refractivity (Wildman–Crippen MR) is 155 cm³/mol. The van der Waals surface area contributed by atoms with Crippen molar-refractivity contribution in [2.75, 3.05) is 25.0 Å². The highest BCUT2D eigenvalue weighted by molar-refractivity contribution is 5.84. The van der Waals surface area contributed by atoms with E-state index < -0.39 is 16.9 Å². The minimum Gasteiger partial charge on any atom is -0.466 e. The number of H-pyrrole nitrogens is 1. The molecule has 3 aliphatic rings. The molecule has 222 valence electrons. The van der Waals surface area contributed by atoms with E-state index in [2.05, 4.69) is 20.3 Å². The van der Waals surface area contributed by atoms with Crippen LogP contribution in [0.15, 0.2) is 21.7 Å². The zero-order valence-electron chi connectivity index (χ0n) is 24.5. The highest BCUT2D eigenvalue weighted by Gasteiger charge is 2.30. The van der Waals surface area contributed by atoms with E-state index in [0.717, 1.165) is 48.9 Å². The summed E-state index contributed by atoms with van der Waals surface area (Å²) in [6, 6.07) is 3.92. The number of esters is 1. The number of benzene rings is 1. The van der Waals surface area contributed by atoms with E-state index in [0.29, 0.717) is 38.2 Å². The Balaban J connectivity index is 1.56. The quantitative estimate of drug-likeness (QED) is 0.211. The third-order valence-corrected chi connectivity index (χ3v) is 6.97. The number of hydrogen-bond acceptors (Lipinski definition) is 9. The number of fused-ring (bicyclic) bond motifs is 2. The highest BCUT2D eigenvalue weighted by Crippen LogP contribution is 2.29. The van der Waals surface area contributed by atoms with Gasteiger partial charge in [0.1, 0.15) is 5.60 Å². The van der Waals surface area contributed by atoms with Crippen LogP contribution in [-0.4, -0.2) is 67.8 Å². The average molecular weight is 569 g/mol. The molecule has 1 amide bonds. The Labute approximate surface area is 238 Å². The number of amides is 1. The van der Waals surface area contributed by atoms with E-state index in [1.54, 1.807) is 11.8 Å². The van der Waals surface area contributed by atoms with Crippen LogP contribution >= 0.6 is 0 Å². The number of aryl methyl sites for hydroxylation is 2. The smallest absolute Gasteiger partial charge is 0.410 e. The highest BCUT2D eigenvalue weighted by atomic mass is 16.6. The van der Waals surface area contributed by atoms with Crippen LogP contribution in [0.25, 0.3) is 22.6 Å². The van der Waals surface area contributed by atoms with Gasteiger partial charge < -0.3 is 24.3 Å². The van der Waals surface area contributed by atoms with Crippen LogP contribution < -0.4 is 16.6 Å². The molecule has 0 aliphatic carbocycles. The summed E-state index contributed by atoms with van der Waals surface area (Å²) in [6.07, 6.45) is 4.03. The number of rotatable bonds is 10. The van der Waals surface area contributed by atoms with Crippen molar-refractivity contribution in [2.45, 2.75) is 91.3 Å². The molecule has 0 radical (unpaired) electrons. The van der Waals surface area contributed by atoms with Crippen LogP contribution in [0.4, 0.5) is 10.5 Å². The number of carbonyl (C=O) groups excluding carboxylic acids is 2. The van der Waals surface area contributed by atoms with Gasteiger partial charge in [-0.25, -0.2) is 14.6 Å². The molecule has 12 nitrogen and oxygen atoms in total. The number of aromatic amines is 1. The summed E-state index contributed by atoms with van der Waals surface area (Å²) in [4.78, 5) is 61.5. The second-order valence-corrected chi connectivity index (χ2v) is 11.5. The van der Waals surface area contributed by atoms with Crippen molar-refractivity contribution in [3.05, 3.63) is 38.5 Å². The number of carbonyl (C=O) groups is 2. The standard InChI is InChI=1S/C29H40N6O6/c1-6-40-23(36)11-9-7-8-10-13-35-22-16-20(30-19-12-14-34(17-19)28(39)41-29(3,4)5)18(2)15-21(22)31-24-25(35)32-27(38)33-26(24)37/h15-16,19,30H,6-14,17H2,1-5H3,(H,33,37,38). The largest absolute Gasteiger partial charge is 0.466 e. The number of likely N-dealkylation sites (tertiary alicyclic amines) is 1. The number of ether oxygens (including phenoxy) is 2. The first kappa shape index (κ1) is 30.0. The van der Waals surface area contributed by atoms with E-state index in [4.69, 9.17) is 9.47 Å². The zero-order chi connectivity index (χ0) is 29.7. The van der Waals surface area contributed by atoms with Crippen molar-refractivity contribution >= 4 is 28.8 Å². The van der Waals surface area contributed by atoms with Crippen molar-refractivity contribution < 1.29 is 19.1 Å². The fraction of sp³-hybridized carbons (Fsp3) is 0.586. The summed E-state index contributed by atoms with van der Waals surface area (Å²) < 4.78 is 12.4. The minimum absolute atomic E-state index is 0.0362. The third-order valence-electron chi connectivity index (χ3n) is 6.97. The van der Waals surface area contributed by atoms with Gasteiger partial charge in [-0.1, -0.05) is 12.8 Å². The van der Waals surface area contributed by atoms with E-state index >= 15 is 0 Å². The van der Waals surface area contributed by atoms with Crippen LogP contribution in [0.3, 0.4) is 0 Å². The maximum absolute atomic E-state index is 12.6. The lowest BCUT2D eigenvalue weighted by Crippen LogP contribution is -2.36. The number of unbranched alkanes of at least 4 members (excludes halogenated alkanes) is 3. The SMILES string of the molecule is CCOC(=O)CCCCCCn1c2nc(=O)[nH]c(=O)c-2nc2cc(C)c(NC3CCN(C(=O)OC(C)(C)C)C3)cc21. The topological polar surface area (TPSA) is 149 Å². The summed E-state index contributed by atoms with van der Waals surface area (Å²) in [7, 11) is 0. The van der Waals surface area contributed by atoms with Crippen LogP contribution in [0.1, 0.15) is 71.8 Å². The molecule has 0 bridgehead atoms. The van der Waals surface area contributed by atoms with Crippen molar-refractivity contribution in [3.63, 3.8) is 0 Å². The van der Waals surface area contributed by atoms with E-state index in [1.807, 2.05) is 44.4 Å². The van der Waals surface area contributed by atoms with Gasteiger partial charge in [-0.3, -0.25) is 14.6 Å². The Bertz CT molecular complexity index is 1490. The molecule has 1 saturated heterocycles. The first-order valence-electron chi connectivity index (χ1n) is 14.3. The molecule has 3 aliphatic heterocycles. The summed E-state index contributed by atoms with van der Waals surface area (Å²) in [5.74, 6) is 0.0517. The van der Waals surface area contributed by atoms with Gasteiger partial charge in [0.2, 0.25) is 0 Å². The molecule has 0 saturated carbocycles. The molecular formula is C29H40N6O6. The Morgan fingerprint density at radius 1 is 1.12 bits per heavy atom. The van der Waals surface area contributed by atoms with Gasteiger partial charge in [-0.2, -0.15) is 4.98 Å². The fourth-order valence-electron chi connectivity index (χ4n) is 5.04. The lowest BCUT2D eigenvalue weighted by atomic mass is 10.1. The Hall–Kier alpha value is -3.96. The lowest BCUT2D eigenvalue weighted by Gasteiger charge is -2.25. The molecular weight excluding hydrogens is 528 g/mol. The van der Waals surface area contributed by atoms with Gasteiger partial charge in [0.05, 0.1) is 17.6 Å². The number of anilines is 1. The molecule has 1 aromatic carbocycles. The maximum Gasteiger partial charge on any atom is 0.410 e. The van der Waals surface area contributed by atoms with Crippen LogP contribution in [0, 0.1) is 6.92 Å². The normalized spacial score (nSPS) is 15.4. The summed E-state index contributed by atoms with van der Waals surface area (Å²) in [5, 5.41) is 3.57. The van der Waals surface area contributed by atoms with Gasteiger partial charge in [-0.05, 0) is 71.6 Å². The van der Waals surface area contributed by atoms with E-state index in [-0.39, 0.29) is 29.6 Å². The lowest BCUT2D eigenvalue weighted by molar-refractivity contribution is -0.143. The molecule has 41 heavy (non-hydrogen) atoms. The molecule has 1 atom stereocenters. The number of aromatic nitrogens is 4. The van der Waals surface area contributed by atoms with E-state index in [9.17, 15) is 19.2 Å². The summed E-state index contributed by atoms with van der Waals surface area (Å²) >= 11 is 0. The fourth-order valence-corrected chi connectivity index (χ4v) is 5.04. The summed E-state index contributed by atoms with van der Waals surface area (Å²) in [6.45, 7) is 11.3. The Morgan fingerprint density at radius 2 is 1.88 bits per heavy atom. The van der Waals surface area contributed by atoms with Gasteiger partial charge in [0, 0.05) is 37.8 Å². The van der Waals surface area contributed by atoms with Gasteiger partial charge in [0.25, 0.3) is 5.56 Å². The molecule has 3 heterocycles. The second-order valence-electron chi connectivity index (χ2n) is 11.5. The maximum atomic E-state index is 12.6. The molecule has 4 rings (SSSR count). The molecule has 1 aromatic rings. The van der Waals surface area contributed by atoms with Crippen LogP contribution in [0.2, 0.25) is 0 Å². The molecule has 0 aromatic heterocycles. The third kappa shape index (κ3) is 7.62. The van der Waals surface area contributed by atoms with Gasteiger partial charge in [-0.15, -0.1) is 0 Å². The molecule has 1 unspecified atom stereocenters. The Kier molecular flexibility index (Phi) is 9.29. The van der Waals surface area contributed by atoms with Gasteiger partial charge >= 0.3 is 17.8 Å². The average Bonchev–Trinajstić information content (AvgIpc) is 3.35. The number of hydrogen-bond donors (Lipinski definition) is 2. The zero-order valence-corrected chi connectivity index (χ0v) is 24.5. The monoisotopic (exact) mass is 568 g/mol. The van der Waals surface area contributed by atoms with Crippen molar-refractivity contribution in [1.82, 2.24) is 24.4 Å². The van der Waals surface area contributed by atoms with E-state index in [1.165, 1.54) is 0 Å². The minimum atomic E-state index is -0.717. The second kappa shape index (κ2) is 12.7. The summed E-state index contributed by atoms with van der Waals surface area (Å²) in [5.41, 5.74) is 1.46. The molecule has 2 N–H and O–H groups in total. The molecule has 0 spiro atoms. The number of nitrogens with zero attached hydrogens (tertiary/aromatic N) is 4. The van der Waals surface area contributed by atoms with Gasteiger partial charge in [0.15, 0.2) is 11.5 Å². The first-order chi connectivity index (χ1) is 19.4. The number of nitrogens with one attached hydrogen (secondary N) is 2. The van der Waals surface area contributed by atoms with Crippen LogP contribution in [0.5, 0.6) is 0 Å². The van der Waals surface area contributed by atoms with Crippen molar-refractivity contribution in [2.24, 2.45) is 0 Å². The molecule has 1 fully saturated rings. The Morgan fingerprint density at radius 3 is 2.61 bits per heavy atom. The predicted octanol–water partition coefficient (Wildman–Crippen LogP) is 3.83. The molecule has 12 heteroatoms.